The van der Waals surface area contributed by atoms with Gasteiger partial charge < -0.3 is 19.5 Å². The van der Waals surface area contributed by atoms with Crippen LogP contribution in [-0.4, -0.2) is 26.2 Å². The number of alkyl halides is 2. The van der Waals surface area contributed by atoms with Gasteiger partial charge in [0.15, 0.2) is 18.1 Å². The molecule has 0 fully saturated rings. The zero-order valence-corrected chi connectivity index (χ0v) is 14.9. The molecule has 0 aliphatic heterocycles. The van der Waals surface area contributed by atoms with Gasteiger partial charge in [0.05, 0.1) is 7.11 Å². The number of ether oxygens (including phenoxy) is 3. The van der Waals surface area contributed by atoms with Crippen LogP contribution in [0.1, 0.15) is 11.1 Å². The van der Waals surface area contributed by atoms with Crippen LogP contribution < -0.4 is 19.5 Å². The molecule has 2 aromatic carbocycles. The van der Waals surface area contributed by atoms with E-state index in [2.05, 4.69) is 16.6 Å². The molecule has 1 N–H and O–H groups in total. The monoisotopic (exact) mass is 377 g/mol. The number of rotatable bonds is 10. The zero-order valence-electron chi connectivity index (χ0n) is 14.9. The van der Waals surface area contributed by atoms with E-state index in [9.17, 15) is 13.6 Å². The van der Waals surface area contributed by atoms with E-state index in [-0.39, 0.29) is 24.8 Å². The molecule has 0 spiro atoms. The number of carbonyl (C=O) groups excluding carboxylic acids is 1. The largest absolute Gasteiger partial charge is 0.493 e. The van der Waals surface area contributed by atoms with Crippen molar-refractivity contribution in [3.63, 3.8) is 0 Å². The zero-order chi connectivity index (χ0) is 19.6. The Balaban J connectivity index is 1.87. The van der Waals surface area contributed by atoms with E-state index in [1.54, 1.807) is 24.3 Å². The van der Waals surface area contributed by atoms with Crippen molar-refractivity contribution in [1.29, 1.82) is 0 Å². The maximum atomic E-state index is 12.2. The van der Waals surface area contributed by atoms with Gasteiger partial charge in [-0.3, -0.25) is 4.79 Å². The standard InChI is InChI=1S/C20H21F2NO4/c1-3-5-14-8-9-17(18(11-14)25-2)26-13-19(24)23-12-15-6-4-7-16(10-15)27-20(21)22/h3-4,6-11,20H,1,5,12-13H2,2H3,(H,23,24). The highest BCUT2D eigenvalue weighted by atomic mass is 19.3. The molecule has 0 radical (unpaired) electrons. The summed E-state index contributed by atoms with van der Waals surface area (Å²) in [6, 6.07) is 11.6. The summed E-state index contributed by atoms with van der Waals surface area (Å²) in [5.74, 6) is 0.663. The van der Waals surface area contributed by atoms with Crippen LogP contribution in [0.2, 0.25) is 0 Å². The Morgan fingerprint density at radius 1 is 1.19 bits per heavy atom. The van der Waals surface area contributed by atoms with E-state index in [1.165, 1.54) is 19.2 Å². The molecule has 27 heavy (non-hydrogen) atoms. The second-order valence-electron chi connectivity index (χ2n) is 5.57. The molecule has 0 aromatic heterocycles. The summed E-state index contributed by atoms with van der Waals surface area (Å²) in [5.41, 5.74) is 1.65. The van der Waals surface area contributed by atoms with Gasteiger partial charge in [-0.05, 0) is 41.8 Å². The Hall–Kier alpha value is -3.09. The van der Waals surface area contributed by atoms with E-state index in [0.29, 0.717) is 23.5 Å². The van der Waals surface area contributed by atoms with Crippen molar-refractivity contribution in [2.45, 2.75) is 19.6 Å². The first kappa shape index (κ1) is 20.2. The molecule has 0 unspecified atom stereocenters. The number of amides is 1. The van der Waals surface area contributed by atoms with Crippen LogP contribution in [0.15, 0.2) is 55.1 Å². The normalized spacial score (nSPS) is 10.4. The molecular weight excluding hydrogens is 356 g/mol. The molecule has 0 atom stereocenters. The maximum Gasteiger partial charge on any atom is 0.387 e. The van der Waals surface area contributed by atoms with Gasteiger partial charge in [0.25, 0.3) is 5.91 Å². The Morgan fingerprint density at radius 2 is 2.00 bits per heavy atom. The summed E-state index contributed by atoms with van der Waals surface area (Å²) in [7, 11) is 1.52. The highest BCUT2D eigenvalue weighted by Crippen LogP contribution is 2.28. The molecule has 0 saturated carbocycles. The molecule has 0 heterocycles. The third-order valence-corrected chi connectivity index (χ3v) is 3.58. The summed E-state index contributed by atoms with van der Waals surface area (Å²) in [6.45, 7) is 0.757. The number of hydrogen-bond acceptors (Lipinski definition) is 4. The Labute approximate surface area is 156 Å². The van der Waals surface area contributed by atoms with Crippen molar-refractivity contribution >= 4 is 5.91 Å². The molecular formula is C20H21F2NO4. The highest BCUT2D eigenvalue weighted by molar-refractivity contribution is 5.77. The van der Waals surface area contributed by atoms with Gasteiger partial charge in [0, 0.05) is 6.54 Å². The molecule has 0 saturated heterocycles. The lowest BCUT2D eigenvalue weighted by Gasteiger charge is -2.12. The lowest BCUT2D eigenvalue weighted by atomic mass is 10.1. The summed E-state index contributed by atoms with van der Waals surface area (Å²) in [4.78, 5) is 12.0. The average Bonchev–Trinajstić information content (AvgIpc) is 2.65. The van der Waals surface area contributed by atoms with Crippen LogP contribution in [0.4, 0.5) is 8.78 Å². The number of carbonyl (C=O) groups is 1. The smallest absolute Gasteiger partial charge is 0.387 e. The third kappa shape index (κ3) is 6.62. The first-order chi connectivity index (χ1) is 13.0. The molecule has 0 aliphatic rings. The van der Waals surface area contributed by atoms with E-state index in [4.69, 9.17) is 9.47 Å². The Bertz CT molecular complexity index is 780. The van der Waals surface area contributed by atoms with E-state index in [0.717, 1.165) is 5.56 Å². The first-order valence-electron chi connectivity index (χ1n) is 8.23. The minimum Gasteiger partial charge on any atom is -0.493 e. The summed E-state index contributed by atoms with van der Waals surface area (Å²) < 4.78 is 39.6. The summed E-state index contributed by atoms with van der Waals surface area (Å²) in [5, 5.41) is 2.66. The van der Waals surface area contributed by atoms with E-state index < -0.39 is 6.61 Å². The predicted molar refractivity (Wildman–Crippen MR) is 97.3 cm³/mol. The van der Waals surface area contributed by atoms with Gasteiger partial charge in [0.1, 0.15) is 5.75 Å². The average molecular weight is 377 g/mol. The number of allylic oxidation sites excluding steroid dienone is 1. The molecule has 5 nitrogen and oxygen atoms in total. The number of methoxy groups -OCH3 is 1. The van der Waals surface area contributed by atoms with Crippen molar-refractivity contribution in [3.05, 3.63) is 66.2 Å². The molecule has 2 rings (SSSR count). The van der Waals surface area contributed by atoms with Gasteiger partial charge in [-0.2, -0.15) is 8.78 Å². The fourth-order valence-corrected chi connectivity index (χ4v) is 2.35. The lowest BCUT2D eigenvalue weighted by Crippen LogP contribution is -2.28. The van der Waals surface area contributed by atoms with Crippen molar-refractivity contribution in [2.24, 2.45) is 0 Å². The fraction of sp³-hybridized carbons (Fsp3) is 0.250. The fourth-order valence-electron chi connectivity index (χ4n) is 2.35. The summed E-state index contributed by atoms with van der Waals surface area (Å²) in [6.07, 6.45) is 2.48. The predicted octanol–water partition coefficient (Wildman–Crippen LogP) is 3.72. The number of nitrogens with one attached hydrogen (secondary N) is 1. The third-order valence-electron chi connectivity index (χ3n) is 3.58. The van der Waals surface area contributed by atoms with Crippen molar-refractivity contribution in [3.8, 4) is 17.2 Å². The molecule has 1 amide bonds. The van der Waals surface area contributed by atoms with Gasteiger partial charge in [-0.1, -0.05) is 24.3 Å². The highest BCUT2D eigenvalue weighted by Gasteiger charge is 2.09. The maximum absolute atomic E-state index is 12.2. The SMILES string of the molecule is C=CCc1ccc(OCC(=O)NCc2cccc(OC(F)F)c2)c(OC)c1. The number of hydrogen-bond donors (Lipinski definition) is 1. The molecule has 2 aromatic rings. The van der Waals surface area contributed by atoms with Crippen LogP contribution in [-0.2, 0) is 17.8 Å². The van der Waals surface area contributed by atoms with Gasteiger partial charge in [0.2, 0.25) is 0 Å². The van der Waals surface area contributed by atoms with Crippen LogP contribution in [0, 0.1) is 0 Å². The van der Waals surface area contributed by atoms with Crippen molar-refractivity contribution in [1.82, 2.24) is 5.32 Å². The Morgan fingerprint density at radius 3 is 2.70 bits per heavy atom. The van der Waals surface area contributed by atoms with Gasteiger partial charge >= 0.3 is 6.61 Å². The van der Waals surface area contributed by atoms with Gasteiger partial charge in [-0.25, -0.2) is 0 Å². The quantitative estimate of drug-likeness (QED) is 0.641. The van der Waals surface area contributed by atoms with Crippen LogP contribution in [0.5, 0.6) is 17.2 Å². The molecule has 0 aliphatic carbocycles. The van der Waals surface area contributed by atoms with E-state index >= 15 is 0 Å². The topological polar surface area (TPSA) is 56.8 Å². The van der Waals surface area contributed by atoms with Crippen molar-refractivity contribution < 1.29 is 27.8 Å². The molecule has 0 bridgehead atoms. The second-order valence-corrected chi connectivity index (χ2v) is 5.57. The van der Waals surface area contributed by atoms with Gasteiger partial charge in [-0.15, -0.1) is 6.58 Å². The first-order valence-corrected chi connectivity index (χ1v) is 8.23. The summed E-state index contributed by atoms with van der Waals surface area (Å²) >= 11 is 0. The molecule has 7 heteroatoms. The van der Waals surface area contributed by atoms with E-state index in [1.807, 2.05) is 12.1 Å². The second kappa shape index (κ2) is 10.2. The molecule has 144 valence electrons. The minimum atomic E-state index is -2.89. The Kier molecular flexibility index (Phi) is 7.61. The number of benzene rings is 2. The lowest BCUT2D eigenvalue weighted by molar-refractivity contribution is -0.123. The van der Waals surface area contributed by atoms with Crippen LogP contribution in [0.25, 0.3) is 0 Å². The minimum absolute atomic E-state index is 0.0392. The van der Waals surface area contributed by atoms with Crippen LogP contribution >= 0.6 is 0 Å². The number of halogens is 2. The van der Waals surface area contributed by atoms with Crippen molar-refractivity contribution in [2.75, 3.05) is 13.7 Å². The van der Waals surface area contributed by atoms with Crippen LogP contribution in [0.3, 0.4) is 0 Å².